The summed E-state index contributed by atoms with van der Waals surface area (Å²) in [6.45, 7) is 2.06. The molecule has 11 heavy (non-hydrogen) atoms. The lowest BCUT2D eigenvalue weighted by Crippen LogP contribution is -1.81. The van der Waals surface area contributed by atoms with Gasteiger partial charge in [0.1, 0.15) is 6.10 Å². The molecule has 1 aromatic carbocycles. The van der Waals surface area contributed by atoms with Gasteiger partial charge in [-0.15, -0.1) is 0 Å². The van der Waals surface area contributed by atoms with Crippen molar-refractivity contribution in [1.29, 1.82) is 0 Å². The maximum absolute atomic E-state index is 5.81. The number of ether oxygens (including phenoxy) is 1. The van der Waals surface area contributed by atoms with E-state index in [9.17, 15) is 0 Å². The molecule has 0 spiro atoms. The maximum atomic E-state index is 5.81. The second-order valence-electron chi connectivity index (χ2n) is 2.82. The number of benzene rings is 1. The lowest BCUT2D eigenvalue weighted by Gasteiger charge is -1.94. The summed E-state index contributed by atoms with van der Waals surface area (Å²) < 4.78 is 5.30. The lowest BCUT2D eigenvalue weighted by atomic mass is 10.1. The first-order valence-electron chi connectivity index (χ1n) is 3.68. The molecular formula is C9H9ClO. The zero-order valence-electron chi connectivity index (χ0n) is 6.25. The molecule has 2 heteroatoms. The van der Waals surface area contributed by atoms with Gasteiger partial charge < -0.3 is 4.74 Å². The van der Waals surface area contributed by atoms with Crippen LogP contribution < -0.4 is 0 Å². The molecule has 1 aliphatic rings. The van der Waals surface area contributed by atoms with Crippen LogP contribution in [-0.4, -0.2) is 6.10 Å². The van der Waals surface area contributed by atoms with Crippen LogP contribution in [0.4, 0.5) is 0 Å². The van der Waals surface area contributed by atoms with Crippen LogP contribution in [0.2, 0.25) is 5.02 Å². The molecule has 0 aliphatic carbocycles. The summed E-state index contributed by atoms with van der Waals surface area (Å²) in [4.78, 5) is 0. The van der Waals surface area contributed by atoms with Crippen molar-refractivity contribution in [2.45, 2.75) is 19.1 Å². The molecule has 0 saturated carbocycles. The molecule has 1 aliphatic heterocycles. The fourth-order valence-electron chi connectivity index (χ4n) is 1.22. The highest BCUT2D eigenvalue weighted by Crippen LogP contribution is 2.38. The molecule has 0 bridgehead atoms. The van der Waals surface area contributed by atoms with E-state index in [4.69, 9.17) is 16.3 Å². The zero-order chi connectivity index (χ0) is 7.84. The van der Waals surface area contributed by atoms with Crippen LogP contribution in [0.25, 0.3) is 0 Å². The van der Waals surface area contributed by atoms with E-state index < -0.39 is 0 Å². The monoisotopic (exact) mass is 168 g/mol. The van der Waals surface area contributed by atoms with Crippen molar-refractivity contribution in [1.82, 2.24) is 0 Å². The highest BCUT2D eigenvalue weighted by molar-refractivity contribution is 6.30. The fraction of sp³-hybridized carbons (Fsp3) is 0.333. The third-order valence-electron chi connectivity index (χ3n) is 1.89. The van der Waals surface area contributed by atoms with E-state index in [0.29, 0.717) is 6.10 Å². The molecule has 2 atom stereocenters. The SMILES string of the molecule is C[C@H]1O[C@@H]1c1cccc(Cl)c1. The molecule has 58 valence electrons. The van der Waals surface area contributed by atoms with E-state index in [-0.39, 0.29) is 6.10 Å². The van der Waals surface area contributed by atoms with Crippen molar-refractivity contribution >= 4 is 11.6 Å². The highest BCUT2D eigenvalue weighted by atomic mass is 35.5. The van der Waals surface area contributed by atoms with Crippen LogP contribution in [-0.2, 0) is 4.74 Å². The largest absolute Gasteiger partial charge is 0.365 e. The average molecular weight is 169 g/mol. The summed E-state index contributed by atoms with van der Waals surface area (Å²) in [5, 5.41) is 0.783. The van der Waals surface area contributed by atoms with Gasteiger partial charge in [-0.25, -0.2) is 0 Å². The third kappa shape index (κ3) is 1.39. The molecule has 0 radical (unpaired) electrons. The zero-order valence-corrected chi connectivity index (χ0v) is 7.01. The number of hydrogen-bond donors (Lipinski definition) is 0. The molecule has 1 fully saturated rings. The molecule has 2 rings (SSSR count). The summed E-state index contributed by atoms with van der Waals surface area (Å²) in [7, 11) is 0. The van der Waals surface area contributed by atoms with Gasteiger partial charge >= 0.3 is 0 Å². The molecule has 0 amide bonds. The topological polar surface area (TPSA) is 12.5 Å². The molecular weight excluding hydrogens is 160 g/mol. The summed E-state index contributed by atoms with van der Waals surface area (Å²) in [6.07, 6.45) is 0.655. The van der Waals surface area contributed by atoms with Gasteiger partial charge in [0, 0.05) is 5.02 Å². The minimum absolute atomic E-state index is 0.286. The molecule has 1 heterocycles. The maximum Gasteiger partial charge on any atom is 0.109 e. The van der Waals surface area contributed by atoms with E-state index >= 15 is 0 Å². The van der Waals surface area contributed by atoms with E-state index in [1.54, 1.807) is 0 Å². The minimum Gasteiger partial charge on any atom is -0.365 e. The van der Waals surface area contributed by atoms with Gasteiger partial charge in [-0.2, -0.15) is 0 Å². The normalized spacial score (nSPS) is 28.5. The highest BCUT2D eigenvalue weighted by Gasteiger charge is 2.35. The van der Waals surface area contributed by atoms with Crippen LogP contribution in [0, 0.1) is 0 Å². The molecule has 1 saturated heterocycles. The number of epoxide rings is 1. The first-order valence-corrected chi connectivity index (χ1v) is 4.06. The van der Waals surface area contributed by atoms with E-state index in [1.165, 1.54) is 5.56 Å². The van der Waals surface area contributed by atoms with Crippen LogP contribution >= 0.6 is 11.6 Å². The number of rotatable bonds is 1. The smallest absolute Gasteiger partial charge is 0.109 e. The van der Waals surface area contributed by atoms with E-state index in [2.05, 4.69) is 6.92 Å². The Hall–Kier alpha value is -0.530. The molecule has 1 nitrogen and oxygen atoms in total. The van der Waals surface area contributed by atoms with Crippen LogP contribution in [0.3, 0.4) is 0 Å². The van der Waals surface area contributed by atoms with E-state index in [0.717, 1.165) is 5.02 Å². The molecule has 1 aromatic rings. The van der Waals surface area contributed by atoms with Crippen molar-refractivity contribution in [2.24, 2.45) is 0 Å². The predicted molar refractivity (Wildman–Crippen MR) is 44.7 cm³/mol. The van der Waals surface area contributed by atoms with Gasteiger partial charge in [0.25, 0.3) is 0 Å². The van der Waals surface area contributed by atoms with Crippen molar-refractivity contribution < 1.29 is 4.74 Å². The standard InChI is InChI=1S/C9H9ClO/c1-6-9(11-6)7-3-2-4-8(10)5-7/h2-6,9H,1H3/t6-,9+/m1/s1. The first kappa shape index (κ1) is 7.14. The van der Waals surface area contributed by atoms with Gasteiger partial charge in [-0.3, -0.25) is 0 Å². The Morgan fingerprint density at radius 3 is 2.73 bits per heavy atom. The summed E-state index contributed by atoms with van der Waals surface area (Å²) in [5.41, 5.74) is 1.19. The van der Waals surface area contributed by atoms with Gasteiger partial charge in [-0.05, 0) is 24.6 Å². The van der Waals surface area contributed by atoms with Crippen molar-refractivity contribution in [3.63, 3.8) is 0 Å². The summed E-state index contributed by atoms with van der Waals surface area (Å²) in [6, 6.07) is 7.82. The number of halogens is 1. The van der Waals surface area contributed by atoms with Crippen LogP contribution in [0.15, 0.2) is 24.3 Å². The van der Waals surface area contributed by atoms with Crippen LogP contribution in [0.1, 0.15) is 18.6 Å². The molecule has 0 aromatic heterocycles. The Balaban J connectivity index is 2.25. The number of hydrogen-bond acceptors (Lipinski definition) is 1. The van der Waals surface area contributed by atoms with Gasteiger partial charge in [0.2, 0.25) is 0 Å². The Morgan fingerprint density at radius 1 is 1.45 bits per heavy atom. The Kier molecular flexibility index (Phi) is 1.63. The van der Waals surface area contributed by atoms with Crippen molar-refractivity contribution in [3.05, 3.63) is 34.9 Å². The second kappa shape index (κ2) is 2.50. The first-order chi connectivity index (χ1) is 5.27. The second-order valence-corrected chi connectivity index (χ2v) is 3.25. The molecule has 0 N–H and O–H groups in total. The van der Waals surface area contributed by atoms with Gasteiger partial charge in [-0.1, -0.05) is 23.7 Å². The lowest BCUT2D eigenvalue weighted by molar-refractivity contribution is 0.383. The van der Waals surface area contributed by atoms with Gasteiger partial charge in [0.15, 0.2) is 0 Å². The third-order valence-corrected chi connectivity index (χ3v) is 2.12. The predicted octanol–water partition coefficient (Wildman–Crippen LogP) is 2.80. The Labute approximate surface area is 70.9 Å². The van der Waals surface area contributed by atoms with Gasteiger partial charge in [0.05, 0.1) is 6.10 Å². The Bertz CT molecular complexity index is 272. The summed E-state index contributed by atoms with van der Waals surface area (Å²) in [5.74, 6) is 0. The van der Waals surface area contributed by atoms with Crippen LogP contribution in [0.5, 0.6) is 0 Å². The minimum atomic E-state index is 0.286. The quantitative estimate of drug-likeness (QED) is 0.588. The van der Waals surface area contributed by atoms with E-state index in [1.807, 2.05) is 24.3 Å². The summed E-state index contributed by atoms with van der Waals surface area (Å²) >= 11 is 5.81. The Morgan fingerprint density at radius 2 is 2.18 bits per heavy atom. The molecule has 0 unspecified atom stereocenters. The average Bonchev–Trinajstić information content (AvgIpc) is 2.67. The van der Waals surface area contributed by atoms with Crippen molar-refractivity contribution in [3.8, 4) is 0 Å². The fourth-order valence-corrected chi connectivity index (χ4v) is 1.42. The van der Waals surface area contributed by atoms with Crippen molar-refractivity contribution in [2.75, 3.05) is 0 Å².